The lowest BCUT2D eigenvalue weighted by atomic mass is 9.95. The normalized spacial score (nSPS) is 15.7. The van der Waals surface area contributed by atoms with E-state index in [9.17, 15) is 0 Å². The molecule has 0 amide bonds. The third-order valence-corrected chi connectivity index (χ3v) is 16.5. The summed E-state index contributed by atoms with van der Waals surface area (Å²) in [5.41, 5.74) is 5.52. The molecule has 0 N–H and O–H groups in total. The highest BCUT2D eigenvalue weighted by Crippen LogP contribution is 2.56. The van der Waals surface area contributed by atoms with Gasteiger partial charge in [0.15, 0.2) is 0 Å². The Morgan fingerprint density at radius 3 is 1.29 bits per heavy atom. The molecular weight excluding hydrogens is 524 g/mol. The molecule has 0 unspecified atom stereocenters. The SMILES string of the molecule is CCCCCC[Si]1(CCCCCC)C(Br)=C(c2ccccc2)C(c2ccccc2)=C1Br. The molecule has 0 aromatic heterocycles. The van der Waals surface area contributed by atoms with Crippen molar-refractivity contribution in [3.8, 4) is 0 Å². The van der Waals surface area contributed by atoms with Crippen molar-refractivity contribution in [2.45, 2.75) is 77.3 Å². The van der Waals surface area contributed by atoms with Crippen molar-refractivity contribution in [3.63, 3.8) is 0 Å². The summed E-state index contributed by atoms with van der Waals surface area (Å²) in [6, 6.07) is 24.7. The molecule has 0 fully saturated rings. The van der Waals surface area contributed by atoms with E-state index in [1.165, 1.54) is 93.9 Å². The van der Waals surface area contributed by atoms with Gasteiger partial charge in [-0.25, -0.2) is 0 Å². The summed E-state index contributed by atoms with van der Waals surface area (Å²) in [5.74, 6) is 0. The van der Waals surface area contributed by atoms with Crippen molar-refractivity contribution in [3.05, 3.63) is 80.0 Å². The van der Waals surface area contributed by atoms with Crippen molar-refractivity contribution < 1.29 is 0 Å². The van der Waals surface area contributed by atoms with Gasteiger partial charge < -0.3 is 0 Å². The van der Waals surface area contributed by atoms with Gasteiger partial charge in [-0.05, 0) is 42.6 Å². The molecule has 2 aromatic rings. The summed E-state index contributed by atoms with van der Waals surface area (Å²) in [4.78, 5) is 0. The number of allylic oxidation sites excluding steroid dienone is 2. The number of hydrogen-bond donors (Lipinski definition) is 0. The maximum Gasteiger partial charge on any atom is 0.137 e. The maximum atomic E-state index is 4.25. The molecule has 0 radical (unpaired) electrons. The van der Waals surface area contributed by atoms with Crippen LogP contribution in [0.4, 0.5) is 0 Å². The Balaban J connectivity index is 2.09. The van der Waals surface area contributed by atoms with E-state index in [0.29, 0.717) is 0 Å². The second kappa shape index (κ2) is 12.4. The van der Waals surface area contributed by atoms with Crippen LogP contribution in [0.5, 0.6) is 0 Å². The summed E-state index contributed by atoms with van der Waals surface area (Å²) in [6.45, 7) is 4.61. The van der Waals surface area contributed by atoms with Crippen LogP contribution in [0.3, 0.4) is 0 Å². The molecule has 166 valence electrons. The monoisotopic (exact) mass is 558 g/mol. The van der Waals surface area contributed by atoms with E-state index in [2.05, 4.69) is 106 Å². The average molecular weight is 560 g/mol. The first kappa shape index (κ1) is 24.7. The van der Waals surface area contributed by atoms with E-state index in [4.69, 9.17) is 0 Å². The predicted molar refractivity (Wildman–Crippen MR) is 148 cm³/mol. The van der Waals surface area contributed by atoms with E-state index in [-0.39, 0.29) is 0 Å². The molecule has 0 bridgehead atoms. The summed E-state index contributed by atoms with van der Waals surface area (Å²) in [5, 5.41) is 0. The Morgan fingerprint density at radius 1 is 0.548 bits per heavy atom. The number of rotatable bonds is 12. The Hall–Kier alpha value is -0.903. The maximum absolute atomic E-state index is 4.25. The van der Waals surface area contributed by atoms with Crippen molar-refractivity contribution in [2.24, 2.45) is 0 Å². The van der Waals surface area contributed by atoms with Gasteiger partial charge in [0.1, 0.15) is 8.07 Å². The quantitative estimate of drug-likeness (QED) is 0.179. The molecule has 0 nitrogen and oxygen atoms in total. The van der Waals surface area contributed by atoms with E-state index < -0.39 is 8.07 Å². The highest BCUT2D eigenvalue weighted by atomic mass is 79.9. The Labute approximate surface area is 207 Å². The number of hydrogen-bond acceptors (Lipinski definition) is 0. The number of halogens is 2. The Kier molecular flexibility index (Phi) is 9.87. The molecular formula is C28H36Br2Si. The fraction of sp³-hybridized carbons (Fsp3) is 0.429. The highest BCUT2D eigenvalue weighted by Gasteiger charge is 2.46. The van der Waals surface area contributed by atoms with Crippen molar-refractivity contribution in [1.29, 1.82) is 0 Å². The molecule has 1 aliphatic heterocycles. The fourth-order valence-electron chi connectivity index (χ4n) is 4.82. The van der Waals surface area contributed by atoms with Crippen LogP contribution in [-0.2, 0) is 0 Å². The number of unbranched alkanes of at least 4 members (excludes halogenated alkanes) is 6. The molecule has 0 saturated carbocycles. The smallest absolute Gasteiger partial charge is 0.0654 e. The average Bonchev–Trinajstić information content (AvgIpc) is 3.02. The van der Waals surface area contributed by atoms with Crippen LogP contribution in [0.15, 0.2) is 68.9 Å². The van der Waals surface area contributed by atoms with Gasteiger partial charge in [0.25, 0.3) is 0 Å². The lowest BCUT2D eigenvalue weighted by Gasteiger charge is -2.29. The van der Waals surface area contributed by atoms with E-state index >= 15 is 0 Å². The second-order valence-corrected chi connectivity index (χ2v) is 16.0. The molecule has 2 aromatic carbocycles. The lowest BCUT2D eigenvalue weighted by molar-refractivity contribution is 0.684. The largest absolute Gasteiger partial charge is 0.137 e. The van der Waals surface area contributed by atoms with Crippen LogP contribution in [0.2, 0.25) is 12.1 Å². The zero-order valence-corrected chi connectivity index (χ0v) is 23.3. The van der Waals surface area contributed by atoms with Crippen LogP contribution in [0.25, 0.3) is 11.1 Å². The minimum absolute atomic E-state index is 1.30. The summed E-state index contributed by atoms with van der Waals surface area (Å²) < 4.78 is 3.04. The molecule has 3 heteroatoms. The summed E-state index contributed by atoms with van der Waals surface area (Å²) in [6.07, 6.45) is 10.7. The highest BCUT2D eigenvalue weighted by molar-refractivity contribution is 9.14. The zero-order chi connectivity index (χ0) is 22.1. The van der Waals surface area contributed by atoms with Crippen molar-refractivity contribution in [2.75, 3.05) is 0 Å². The molecule has 0 atom stereocenters. The lowest BCUT2D eigenvalue weighted by Crippen LogP contribution is -2.34. The topological polar surface area (TPSA) is 0 Å². The summed E-state index contributed by atoms with van der Waals surface area (Å²) in [7, 11) is -1.84. The minimum atomic E-state index is -1.84. The van der Waals surface area contributed by atoms with Crippen molar-refractivity contribution in [1.82, 2.24) is 0 Å². The first-order chi connectivity index (χ1) is 15.2. The van der Waals surface area contributed by atoms with Gasteiger partial charge in [-0.2, -0.15) is 0 Å². The van der Waals surface area contributed by atoms with Crippen LogP contribution < -0.4 is 0 Å². The minimum Gasteiger partial charge on any atom is -0.0654 e. The predicted octanol–water partition coefficient (Wildman–Crippen LogP) is 10.3. The third kappa shape index (κ3) is 5.72. The van der Waals surface area contributed by atoms with E-state index in [1.54, 1.807) is 0 Å². The standard InChI is InChI=1S/C28H36Br2Si/c1-3-5-7-15-21-31(22-16-8-6-4-2)27(29)25(23-17-11-9-12-18-23)26(28(31)30)24-19-13-10-14-20-24/h9-14,17-20H,3-8,15-16,21-22H2,1-2H3. The van der Waals surface area contributed by atoms with Crippen LogP contribution >= 0.6 is 31.9 Å². The molecule has 0 saturated heterocycles. The first-order valence-electron chi connectivity index (χ1n) is 12.1. The van der Waals surface area contributed by atoms with Gasteiger partial charge in [0, 0.05) is 0 Å². The Bertz CT molecular complexity index is 808. The van der Waals surface area contributed by atoms with Gasteiger partial charge in [0.2, 0.25) is 0 Å². The van der Waals surface area contributed by atoms with Crippen molar-refractivity contribution >= 4 is 51.1 Å². The van der Waals surface area contributed by atoms with Gasteiger partial charge in [0.05, 0.1) is 0 Å². The fourth-order valence-corrected chi connectivity index (χ4v) is 14.6. The zero-order valence-electron chi connectivity index (χ0n) is 19.1. The molecule has 0 spiro atoms. The molecule has 1 aliphatic rings. The van der Waals surface area contributed by atoms with E-state index in [1.807, 2.05) is 0 Å². The number of benzene rings is 2. The Morgan fingerprint density at radius 2 is 0.935 bits per heavy atom. The molecule has 0 aliphatic carbocycles. The second-order valence-electron chi connectivity index (χ2n) is 8.81. The van der Waals surface area contributed by atoms with Crippen LogP contribution in [0.1, 0.15) is 76.3 Å². The summed E-state index contributed by atoms with van der Waals surface area (Å²) >= 11 is 8.50. The third-order valence-electron chi connectivity index (χ3n) is 6.57. The first-order valence-corrected chi connectivity index (χ1v) is 16.1. The van der Waals surface area contributed by atoms with Crippen LogP contribution in [0, 0.1) is 0 Å². The van der Waals surface area contributed by atoms with Crippen LogP contribution in [-0.4, -0.2) is 8.07 Å². The van der Waals surface area contributed by atoms with Gasteiger partial charge in [-0.3, -0.25) is 0 Å². The molecule has 31 heavy (non-hydrogen) atoms. The molecule has 1 heterocycles. The van der Waals surface area contributed by atoms with Gasteiger partial charge in [-0.15, -0.1) is 0 Å². The van der Waals surface area contributed by atoms with Gasteiger partial charge >= 0.3 is 0 Å². The molecule has 3 rings (SSSR count). The van der Waals surface area contributed by atoms with Gasteiger partial charge in [-0.1, -0.05) is 158 Å². The van der Waals surface area contributed by atoms with E-state index in [0.717, 1.165) is 0 Å².